The lowest BCUT2D eigenvalue weighted by molar-refractivity contribution is -0.150. The van der Waals surface area contributed by atoms with E-state index in [4.69, 9.17) is 9.47 Å². The number of ether oxygens (including phenoxy) is 2. The summed E-state index contributed by atoms with van der Waals surface area (Å²) in [5.41, 5.74) is 0.399. The number of hydrogen-bond acceptors (Lipinski definition) is 5. The summed E-state index contributed by atoms with van der Waals surface area (Å²) in [6.07, 6.45) is -5.41. The van der Waals surface area contributed by atoms with Gasteiger partial charge in [-0.15, -0.1) is 0 Å². The molecule has 33 heavy (non-hydrogen) atoms. The summed E-state index contributed by atoms with van der Waals surface area (Å²) in [7, 11) is 3.30. The van der Waals surface area contributed by atoms with Gasteiger partial charge in [-0.05, 0) is 37.9 Å². The number of amides is 2. The van der Waals surface area contributed by atoms with E-state index in [0.29, 0.717) is 6.54 Å². The van der Waals surface area contributed by atoms with E-state index in [2.05, 4.69) is 24.1 Å². The molecule has 1 aliphatic heterocycles. The van der Waals surface area contributed by atoms with Crippen LogP contribution in [0.4, 0.5) is 18.9 Å². The lowest BCUT2D eigenvalue weighted by Gasteiger charge is -2.35. The molecule has 2 rings (SSSR count). The van der Waals surface area contributed by atoms with Crippen LogP contribution >= 0.6 is 0 Å². The SMILES string of the molecule is CCCN1C[C@@H](C)[C@@H](OC)CN(C)C(=O)c2ccc(NC(=O)CC(F)(F)F)cc2OC[C@@H]1C. The zero-order valence-electron chi connectivity index (χ0n) is 19.9. The molecule has 0 spiro atoms. The fraction of sp³-hybridized carbons (Fsp3) is 0.652. The number of benzene rings is 1. The number of carbonyl (C=O) groups is 2. The summed E-state index contributed by atoms with van der Waals surface area (Å²) in [6.45, 7) is 8.49. The average Bonchev–Trinajstić information content (AvgIpc) is 2.72. The van der Waals surface area contributed by atoms with Crippen LogP contribution in [0.1, 0.15) is 44.0 Å². The number of nitrogens with one attached hydrogen (secondary N) is 1. The van der Waals surface area contributed by atoms with E-state index in [0.717, 1.165) is 19.5 Å². The Bertz CT molecular complexity index is 819. The molecule has 0 aliphatic carbocycles. The van der Waals surface area contributed by atoms with Crippen molar-refractivity contribution in [1.82, 2.24) is 9.80 Å². The third-order valence-corrected chi connectivity index (χ3v) is 5.73. The lowest BCUT2D eigenvalue weighted by atomic mass is 10.0. The van der Waals surface area contributed by atoms with Gasteiger partial charge in [-0.3, -0.25) is 14.5 Å². The van der Waals surface area contributed by atoms with Gasteiger partial charge >= 0.3 is 6.18 Å². The number of alkyl halides is 3. The predicted octanol–water partition coefficient (Wildman–Crippen LogP) is 3.79. The first kappa shape index (κ1) is 26.9. The molecule has 1 aromatic carbocycles. The highest BCUT2D eigenvalue weighted by molar-refractivity contribution is 5.98. The Morgan fingerprint density at radius 3 is 2.58 bits per heavy atom. The van der Waals surface area contributed by atoms with Crippen LogP contribution in [0.25, 0.3) is 0 Å². The topological polar surface area (TPSA) is 71.1 Å². The zero-order valence-corrected chi connectivity index (χ0v) is 19.9. The minimum atomic E-state index is -4.61. The number of carbonyl (C=O) groups excluding carboxylic acids is 2. The molecular formula is C23H34F3N3O4. The molecule has 0 fully saturated rings. The third kappa shape index (κ3) is 7.89. The molecule has 0 saturated carbocycles. The fourth-order valence-corrected chi connectivity index (χ4v) is 3.91. The number of likely N-dealkylation sites (N-methyl/N-ethyl adjacent to an activating group) is 1. The lowest BCUT2D eigenvalue weighted by Crippen LogP contribution is -2.46. The van der Waals surface area contributed by atoms with Gasteiger partial charge in [-0.2, -0.15) is 13.2 Å². The Kier molecular flexibility index (Phi) is 9.54. The van der Waals surface area contributed by atoms with Crippen LogP contribution < -0.4 is 10.1 Å². The highest BCUT2D eigenvalue weighted by atomic mass is 19.4. The second kappa shape index (κ2) is 11.7. The maximum Gasteiger partial charge on any atom is 0.397 e. The largest absolute Gasteiger partial charge is 0.491 e. The van der Waals surface area contributed by atoms with Gasteiger partial charge < -0.3 is 19.7 Å². The summed E-state index contributed by atoms with van der Waals surface area (Å²) in [6, 6.07) is 4.28. The van der Waals surface area contributed by atoms with Crippen LogP contribution in [0.2, 0.25) is 0 Å². The van der Waals surface area contributed by atoms with Crippen LogP contribution in [-0.4, -0.2) is 80.3 Å². The zero-order chi connectivity index (χ0) is 24.8. The molecule has 7 nitrogen and oxygen atoms in total. The Morgan fingerprint density at radius 1 is 1.27 bits per heavy atom. The standard InChI is InChI=1S/C23H34F3N3O4/c1-6-9-29-12-15(2)20(32-5)13-28(4)22(31)18-8-7-17(10-19(18)33-14-16(29)3)27-21(30)11-23(24,25)26/h7-8,10,15-16,20H,6,9,11-14H2,1-5H3,(H,27,30)/t15-,16+,20+/m1/s1. The smallest absolute Gasteiger partial charge is 0.397 e. The number of hydrogen-bond donors (Lipinski definition) is 1. The van der Waals surface area contributed by atoms with E-state index in [1.807, 2.05) is 6.92 Å². The minimum Gasteiger partial charge on any atom is -0.491 e. The summed E-state index contributed by atoms with van der Waals surface area (Å²) < 4.78 is 49.2. The minimum absolute atomic E-state index is 0.0218. The number of rotatable bonds is 5. The molecule has 1 aromatic rings. The number of anilines is 1. The summed E-state index contributed by atoms with van der Waals surface area (Å²) >= 11 is 0. The molecule has 1 N–H and O–H groups in total. The van der Waals surface area contributed by atoms with E-state index in [1.165, 1.54) is 18.2 Å². The van der Waals surface area contributed by atoms with E-state index in [1.54, 1.807) is 19.1 Å². The van der Waals surface area contributed by atoms with E-state index in [9.17, 15) is 22.8 Å². The van der Waals surface area contributed by atoms with Crippen molar-refractivity contribution in [3.63, 3.8) is 0 Å². The Labute approximate surface area is 193 Å². The van der Waals surface area contributed by atoms with Gasteiger partial charge in [0.15, 0.2) is 0 Å². The van der Waals surface area contributed by atoms with Crippen molar-refractivity contribution in [2.24, 2.45) is 5.92 Å². The van der Waals surface area contributed by atoms with Crippen molar-refractivity contribution < 1.29 is 32.2 Å². The normalized spacial score (nSPS) is 23.2. The molecule has 10 heteroatoms. The third-order valence-electron chi connectivity index (χ3n) is 5.73. The highest BCUT2D eigenvalue weighted by Crippen LogP contribution is 2.28. The second-order valence-corrected chi connectivity index (χ2v) is 8.64. The van der Waals surface area contributed by atoms with E-state index in [-0.39, 0.29) is 47.6 Å². The molecule has 2 amide bonds. The molecule has 0 saturated heterocycles. The van der Waals surface area contributed by atoms with Gasteiger partial charge in [-0.1, -0.05) is 13.8 Å². The Balaban J connectivity index is 2.37. The predicted molar refractivity (Wildman–Crippen MR) is 119 cm³/mol. The maximum atomic E-state index is 13.1. The van der Waals surface area contributed by atoms with Crippen molar-refractivity contribution in [2.75, 3.05) is 45.7 Å². The quantitative estimate of drug-likeness (QED) is 0.705. The molecule has 3 atom stereocenters. The van der Waals surface area contributed by atoms with Crippen molar-refractivity contribution in [3.8, 4) is 5.75 Å². The van der Waals surface area contributed by atoms with Crippen LogP contribution in [0.5, 0.6) is 5.75 Å². The van der Waals surface area contributed by atoms with Crippen molar-refractivity contribution in [1.29, 1.82) is 0 Å². The van der Waals surface area contributed by atoms with E-state index < -0.39 is 18.5 Å². The monoisotopic (exact) mass is 473 g/mol. The number of methoxy groups -OCH3 is 1. The highest BCUT2D eigenvalue weighted by Gasteiger charge is 2.32. The molecule has 0 aromatic heterocycles. The number of nitrogens with zero attached hydrogens (tertiary/aromatic N) is 2. The van der Waals surface area contributed by atoms with Crippen molar-refractivity contribution in [3.05, 3.63) is 23.8 Å². The number of fused-ring (bicyclic) bond motifs is 1. The first-order chi connectivity index (χ1) is 15.4. The fourth-order valence-electron chi connectivity index (χ4n) is 3.91. The van der Waals surface area contributed by atoms with Crippen LogP contribution in [-0.2, 0) is 9.53 Å². The summed E-state index contributed by atoms with van der Waals surface area (Å²) in [4.78, 5) is 28.7. The molecule has 0 unspecified atom stereocenters. The van der Waals surface area contributed by atoms with Crippen molar-refractivity contribution in [2.45, 2.75) is 51.9 Å². The van der Waals surface area contributed by atoms with Gasteiger partial charge in [0, 0.05) is 45.0 Å². The molecular weight excluding hydrogens is 439 g/mol. The van der Waals surface area contributed by atoms with Crippen LogP contribution in [0.15, 0.2) is 18.2 Å². The molecule has 1 aliphatic rings. The van der Waals surface area contributed by atoms with Gasteiger partial charge in [0.25, 0.3) is 5.91 Å². The maximum absolute atomic E-state index is 13.1. The Morgan fingerprint density at radius 2 is 1.97 bits per heavy atom. The van der Waals surface area contributed by atoms with E-state index >= 15 is 0 Å². The van der Waals surface area contributed by atoms with Crippen molar-refractivity contribution >= 4 is 17.5 Å². The van der Waals surface area contributed by atoms with Gasteiger partial charge in [0.05, 0.1) is 11.7 Å². The summed E-state index contributed by atoms with van der Waals surface area (Å²) in [5, 5.41) is 2.23. The van der Waals surface area contributed by atoms with Crippen LogP contribution in [0.3, 0.4) is 0 Å². The van der Waals surface area contributed by atoms with Crippen LogP contribution in [0, 0.1) is 5.92 Å². The average molecular weight is 474 g/mol. The molecule has 1 heterocycles. The second-order valence-electron chi connectivity index (χ2n) is 8.64. The van der Waals surface area contributed by atoms with Gasteiger partial charge in [0.2, 0.25) is 5.91 Å². The summed E-state index contributed by atoms with van der Waals surface area (Å²) in [5.74, 6) is -1.10. The first-order valence-electron chi connectivity index (χ1n) is 11.1. The molecule has 0 bridgehead atoms. The first-order valence-corrected chi connectivity index (χ1v) is 11.1. The molecule has 0 radical (unpaired) electrons. The number of halogens is 3. The molecule has 186 valence electrons. The Hall–Kier alpha value is -2.33. The van der Waals surface area contributed by atoms with Gasteiger partial charge in [0.1, 0.15) is 18.8 Å². The van der Waals surface area contributed by atoms with Gasteiger partial charge in [-0.25, -0.2) is 0 Å².